The van der Waals surface area contributed by atoms with Gasteiger partial charge >= 0.3 is 0 Å². The molecule has 2 aromatic carbocycles. The average molecular weight is 310 g/mol. The van der Waals surface area contributed by atoms with E-state index in [1.54, 1.807) is 18.2 Å². The van der Waals surface area contributed by atoms with E-state index in [0.717, 1.165) is 5.75 Å². The van der Waals surface area contributed by atoms with Crippen molar-refractivity contribution in [3.05, 3.63) is 59.1 Å². The van der Waals surface area contributed by atoms with Crippen LogP contribution in [-0.4, -0.2) is 6.61 Å². The third-order valence-corrected chi connectivity index (χ3v) is 2.74. The SMILES string of the molecule is Nc1ccc(Oc2ccc(OCC=C(Cl)Cl)cc2)cc1. The Kier molecular flexibility index (Phi) is 5.16. The number of nitrogen functional groups attached to an aromatic ring is 1. The Hall–Kier alpha value is -1.84. The number of ether oxygens (including phenoxy) is 2. The summed E-state index contributed by atoms with van der Waals surface area (Å²) >= 11 is 11.0. The van der Waals surface area contributed by atoms with E-state index in [0.29, 0.717) is 23.8 Å². The lowest BCUT2D eigenvalue weighted by Crippen LogP contribution is -1.93. The Balaban J connectivity index is 1.94. The third kappa shape index (κ3) is 4.68. The summed E-state index contributed by atoms with van der Waals surface area (Å²) in [4.78, 5) is 0. The van der Waals surface area contributed by atoms with Crippen molar-refractivity contribution in [2.75, 3.05) is 12.3 Å². The van der Waals surface area contributed by atoms with Crippen molar-refractivity contribution < 1.29 is 9.47 Å². The number of anilines is 1. The summed E-state index contributed by atoms with van der Waals surface area (Å²) in [5.74, 6) is 2.15. The van der Waals surface area contributed by atoms with Gasteiger partial charge in [-0.1, -0.05) is 23.2 Å². The van der Waals surface area contributed by atoms with E-state index < -0.39 is 0 Å². The molecule has 2 rings (SSSR count). The van der Waals surface area contributed by atoms with Crippen LogP contribution in [0.25, 0.3) is 0 Å². The quantitative estimate of drug-likeness (QED) is 0.810. The van der Waals surface area contributed by atoms with Crippen LogP contribution in [0, 0.1) is 0 Å². The lowest BCUT2D eigenvalue weighted by molar-refractivity contribution is 0.362. The van der Waals surface area contributed by atoms with Gasteiger partial charge in [-0.05, 0) is 54.6 Å². The fraction of sp³-hybridized carbons (Fsp3) is 0.0667. The largest absolute Gasteiger partial charge is 0.489 e. The van der Waals surface area contributed by atoms with Gasteiger partial charge in [0.2, 0.25) is 0 Å². The predicted molar refractivity (Wildman–Crippen MR) is 82.7 cm³/mol. The first-order chi connectivity index (χ1) is 9.63. The zero-order valence-corrected chi connectivity index (χ0v) is 12.1. The number of rotatable bonds is 5. The lowest BCUT2D eigenvalue weighted by atomic mass is 10.3. The van der Waals surface area contributed by atoms with Crippen LogP contribution in [0.15, 0.2) is 59.1 Å². The van der Waals surface area contributed by atoms with Gasteiger partial charge < -0.3 is 15.2 Å². The number of hydrogen-bond donors (Lipinski definition) is 1. The van der Waals surface area contributed by atoms with Crippen molar-refractivity contribution in [2.24, 2.45) is 0 Å². The number of halogens is 2. The smallest absolute Gasteiger partial charge is 0.127 e. The van der Waals surface area contributed by atoms with Gasteiger partial charge in [0.25, 0.3) is 0 Å². The first-order valence-electron chi connectivity index (χ1n) is 5.91. The molecule has 2 aromatic rings. The molecule has 3 nitrogen and oxygen atoms in total. The van der Waals surface area contributed by atoms with Crippen LogP contribution < -0.4 is 15.2 Å². The molecule has 0 unspecified atom stereocenters. The molecule has 0 saturated carbocycles. The van der Waals surface area contributed by atoms with Gasteiger partial charge in [0.15, 0.2) is 0 Å². The maximum absolute atomic E-state index is 5.67. The van der Waals surface area contributed by atoms with Crippen LogP contribution in [0.2, 0.25) is 0 Å². The zero-order chi connectivity index (χ0) is 14.4. The third-order valence-electron chi connectivity index (χ3n) is 2.43. The van der Waals surface area contributed by atoms with E-state index >= 15 is 0 Å². The van der Waals surface area contributed by atoms with E-state index in [1.807, 2.05) is 36.4 Å². The predicted octanol–water partition coefficient (Wildman–Crippen LogP) is 4.76. The van der Waals surface area contributed by atoms with Crippen molar-refractivity contribution in [3.8, 4) is 17.2 Å². The molecule has 104 valence electrons. The Morgan fingerprint density at radius 3 is 1.95 bits per heavy atom. The highest BCUT2D eigenvalue weighted by molar-refractivity contribution is 6.55. The molecule has 0 aliphatic heterocycles. The minimum Gasteiger partial charge on any atom is -0.489 e. The molecule has 0 radical (unpaired) electrons. The van der Waals surface area contributed by atoms with Crippen molar-refractivity contribution in [1.82, 2.24) is 0 Å². The van der Waals surface area contributed by atoms with Crippen LogP contribution >= 0.6 is 23.2 Å². The first-order valence-corrected chi connectivity index (χ1v) is 6.66. The Morgan fingerprint density at radius 1 is 0.900 bits per heavy atom. The average Bonchev–Trinajstić information content (AvgIpc) is 2.43. The van der Waals surface area contributed by atoms with E-state index in [-0.39, 0.29) is 4.49 Å². The summed E-state index contributed by atoms with van der Waals surface area (Å²) in [7, 11) is 0. The fourth-order valence-electron chi connectivity index (χ4n) is 1.48. The highest BCUT2D eigenvalue weighted by atomic mass is 35.5. The summed E-state index contributed by atoms with van der Waals surface area (Å²) in [5.41, 5.74) is 6.31. The Bertz CT molecular complexity index is 576. The minimum atomic E-state index is 0.188. The molecule has 0 fully saturated rings. The Labute approximate surface area is 127 Å². The summed E-state index contributed by atoms with van der Waals surface area (Å²) in [6.45, 7) is 0.320. The van der Waals surface area contributed by atoms with Crippen LogP contribution in [0.5, 0.6) is 17.2 Å². The van der Waals surface area contributed by atoms with Gasteiger partial charge in [-0.15, -0.1) is 0 Å². The van der Waals surface area contributed by atoms with E-state index in [1.165, 1.54) is 0 Å². The first kappa shape index (κ1) is 14.6. The molecule has 0 aliphatic carbocycles. The fourth-order valence-corrected chi connectivity index (χ4v) is 1.60. The topological polar surface area (TPSA) is 44.5 Å². The van der Waals surface area contributed by atoms with Crippen LogP contribution in [0.4, 0.5) is 5.69 Å². The van der Waals surface area contributed by atoms with Gasteiger partial charge in [-0.3, -0.25) is 0 Å². The van der Waals surface area contributed by atoms with Gasteiger partial charge in [-0.2, -0.15) is 0 Å². The monoisotopic (exact) mass is 309 g/mol. The second kappa shape index (κ2) is 7.08. The van der Waals surface area contributed by atoms with Crippen molar-refractivity contribution >= 4 is 28.9 Å². The van der Waals surface area contributed by atoms with Crippen molar-refractivity contribution in [2.45, 2.75) is 0 Å². The summed E-state index contributed by atoms with van der Waals surface area (Å²) < 4.78 is 11.3. The van der Waals surface area contributed by atoms with E-state index in [4.69, 9.17) is 38.4 Å². The Morgan fingerprint density at radius 2 is 1.40 bits per heavy atom. The van der Waals surface area contributed by atoms with Crippen molar-refractivity contribution in [3.63, 3.8) is 0 Å². The molecule has 0 atom stereocenters. The molecule has 0 heterocycles. The number of hydrogen-bond acceptors (Lipinski definition) is 3. The van der Waals surface area contributed by atoms with Gasteiger partial charge in [0.1, 0.15) is 28.3 Å². The van der Waals surface area contributed by atoms with Gasteiger partial charge in [-0.25, -0.2) is 0 Å². The summed E-state index contributed by atoms with van der Waals surface area (Å²) in [5, 5.41) is 0. The van der Waals surface area contributed by atoms with E-state index in [9.17, 15) is 0 Å². The maximum Gasteiger partial charge on any atom is 0.127 e. The minimum absolute atomic E-state index is 0.188. The molecule has 20 heavy (non-hydrogen) atoms. The summed E-state index contributed by atoms with van der Waals surface area (Å²) in [6, 6.07) is 14.4. The van der Waals surface area contributed by atoms with Gasteiger partial charge in [0, 0.05) is 5.69 Å². The van der Waals surface area contributed by atoms with Crippen molar-refractivity contribution in [1.29, 1.82) is 0 Å². The highest BCUT2D eigenvalue weighted by Gasteiger charge is 1.98. The van der Waals surface area contributed by atoms with Gasteiger partial charge in [0.05, 0.1) is 0 Å². The molecule has 2 N–H and O–H groups in total. The molecule has 0 aromatic heterocycles. The molecular formula is C15H13Cl2NO2. The second-order valence-electron chi connectivity index (χ2n) is 3.95. The number of nitrogens with two attached hydrogens (primary N) is 1. The molecule has 0 amide bonds. The molecule has 0 spiro atoms. The highest BCUT2D eigenvalue weighted by Crippen LogP contribution is 2.24. The van der Waals surface area contributed by atoms with Crippen LogP contribution in [0.3, 0.4) is 0 Å². The molecule has 0 saturated heterocycles. The normalized spacial score (nSPS) is 9.90. The maximum atomic E-state index is 5.67. The molecule has 0 bridgehead atoms. The zero-order valence-electron chi connectivity index (χ0n) is 10.6. The number of benzene rings is 2. The summed E-state index contributed by atoms with van der Waals surface area (Å²) in [6.07, 6.45) is 1.57. The van der Waals surface area contributed by atoms with E-state index in [2.05, 4.69) is 0 Å². The lowest BCUT2D eigenvalue weighted by Gasteiger charge is -2.07. The molecule has 5 heteroatoms. The van der Waals surface area contributed by atoms with Crippen LogP contribution in [0.1, 0.15) is 0 Å². The molecule has 0 aliphatic rings. The second-order valence-corrected chi connectivity index (χ2v) is 4.96. The van der Waals surface area contributed by atoms with Crippen LogP contribution in [-0.2, 0) is 0 Å². The molecular weight excluding hydrogens is 297 g/mol. The standard InChI is InChI=1S/C15H13Cl2NO2/c16-15(17)9-10-19-12-5-7-14(8-6-12)20-13-3-1-11(18)2-4-13/h1-9H,10,18H2.